The molecule has 0 spiro atoms. The molecule has 130 valence electrons. The van der Waals surface area contributed by atoms with E-state index in [0.717, 1.165) is 41.9 Å². The van der Waals surface area contributed by atoms with Crippen molar-refractivity contribution in [3.63, 3.8) is 0 Å². The number of nitrogens with zero attached hydrogens (tertiary/aromatic N) is 3. The molecule has 1 amide bonds. The van der Waals surface area contributed by atoms with Crippen LogP contribution in [0.2, 0.25) is 0 Å². The molecule has 0 aliphatic carbocycles. The third-order valence-electron chi connectivity index (χ3n) is 5.00. The molecule has 4 rings (SSSR count). The Balaban J connectivity index is 1.56. The maximum Gasteiger partial charge on any atom is 0.270 e. The zero-order chi connectivity index (χ0) is 17.4. The summed E-state index contributed by atoms with van der Waals surface area (Å²) in [4.78, 5) is 22.4. The van der Waals surface area contributed by atoms with Gasteiger partial charge in [-0.1, -0.05) is 0 Å². The summed E-state index contributed by atoms with van der Waals surface area (Å²) < 4.78 is 7.43. The number of amides is 1. The first kappa shape index (κ1) is 15.7. The van der Waals surface area contributed by atoms with E-state index in [4.69, 9.17) is 4.74 Å². The number of aromatic amines is 1. The number of hydrogen-bond donors (Lipinski definition) is 1. The van der Waals surface area contributed by atoms with Gasteiger partial charge < -0.3 is 19.2 Å². The summed E-state index contributed by atoms with van der Waals surface area (Å²) in [7, 11) is 1.64. The summed E-state index contributed by atoms with van der Waals surface area (Å²) in [6, 6.07) is 8.01. The number of H-pyrrole nitrogens is 1. The molecule has 1 atom stereocenters. The van der Waals surface area contributed by atoms with E-state index in [1.807, 2.05) is 48.5 Å². The number of methoxy groups -OCH3 is 1. The smallest absolute Gasteiger partial charge is 0.270 e. The largest absolute Gasteiger partial charge is 0.497 e. The van der Waals surface area contributed by atoms with Gasteiger partial charge in [0, 0.05) is 42.5 Å². The van der Waals surface area contributed by atoms with Crippen LogP contribution in [0.4, 0.5) is 0 Å². The third kappa shape index (κ3) is 2.88. The fourth-order valence-corrected chi connectivity index (χ4v) is 3.66. The molecule has 6 nitrogen and oxygen atoms in total. The SMILES string of the molecule is COc1ccc2cc(C(=O)N3CCC[C@@H](n4ccnc4C)C3)[nH]c2c1. The van der Waals surface area contributed by atoms with Crippen molar-refractivity contribution in [1.82, 2.24) is 19.4 Å². The molecule has 1 aromatic carbocycles. The molecule has 1 aliphatic heterocycles. The number of hydrogen-bond acceptors (Lipinski definition) is 3. The number of ether oxygens (including phenoxy) is 1. The highest BCUT2D eigenvalue weighted by molar-refractivity contribution is 5.98. The van der Waals surface area contributed by atoms with Crippen LogP contribution in [-0.4, -0.2) is 45.5 Å². The van der Waals surface area contributed by atoms with Gasteiger partial charge in [0.25, 0.3) is 5.91 Å². The van der Waals surface area contributed by atoms with Gasteiger partial charge in [-0.3, -0.25) is 4.79 Å². The zero-order valence-corrected chi connectivity index (χ0v) is 14.5. The number of fused-ring (bicyclic) bond motifs is 1. The van der Waals surface area contributed by atoms with Crippen molar-refractivity contribution in [3.05, 3.63) is 48.2 Å². The highest BCUT2D eigenvalue weighted by Gasteiger charge is 2.26. The van der Waals surface area contributed by atoms with Crippen LogP contribution in [0.5, 0.6) is 5.75 Å². The van der Waals surface area contributed by atoms with E-state index in [1.165, 1.54) is 0 Å². The van der Waals surface area contributed by atoms with Crippen molar-refractivity contribution >= 4 is 16.8 Å². The molecule has 2 aromatic heterocycles. The number of aromatic nitrogens is 3. The average molecular weight is 338 g/mol. The minimum absolute atomic E-state index is 0.0534. The average Bonchev–Trinajstić information content (AvgIpc) is 3.26. The molecule has 0 bridgehead atoms. The Kier molecular flexibility index (Phi) is 3.95. The van der Waals surface area contributed by atoms with Crippen LogP contribution in [0.25, 0.3) is 10.9 Å². The highest BCUT2D eigenvalue weighted by Crippen LogP contribution is 2.26. The van der Waals surface area contributed by atoms with Crippen LogP contribution in [0.3, 0.4) is 0 Å². The van der Waals surface area contributed by atoms with Crippen LogP contribution >= 0.6 is 0 Å². The van der Waals surface area contributed by atoms with Gasteiger partial charge in [0.2, 0.25) is 0 Å². The number of likely N-dealkylation sites (tertiary alicyclic amines) is 1. The number of aryl methyl sites for hydroxylation is 1. The van der Waals surface area contributed by atoms with Gasteiger partial charge in [-0.25, -0.2) is 4.98 Å². The molecule has 1 fully saturated rings. The van der Waals surface area contributed by atoms with E-state index in [9.17, 15) is 4.79 Å². The van der Waals surface area contributed by atoms with E-state index in [2.05, 4.69) is 14.5 Å². The maximum absolute atomic E-state index is 13.0. The molecular weight excluding hydrogens is 316 g/mol. The van der Waals surface area contributed by atoms with E-state index in [-0.39, 0.29) is 5.91 Å². The lowest BCUT2D eigenvalue weighted by Crippen LogP contribution is -2.41. The van der Waals surface area contributed by atoms with Crippen molar-refractivity contribution in [2.45, 2.75) is 25.8 Å². The second kappa shape index (κ2) is 6.27. The molecule has 1 aliphatic rings. The topological polar surface area (TPSA) is 63.1 Å². The Labute approximate surface area is 146 Å². The lowest BCUT2D eigenvalue weighted by Gasteiger charge is -2.33. The van der Waals surface area contributed by atoms with Crippen molar-refractivity contribution in [2.24, 2.45) is 0 Å². The first-order chi connectivity index (χ1) is 12.2. The summed E-state index contributed by atoms with van der Waals surface area (Å²) in [5, 5.41) is 1.02. The van der Waals surface area contributed by atoms with Gasteiger partial charge in [-0.05, 0) is 38.0 Å². The quantitative estimate of drug-likeness (QED) is 0.798. The number of rotatable bonds is 3. The normalized spacial score (nSPS) is 17.8. The van der Waals surface area contributed by atoms with E-state index < -0.39 is 0 Å². The Bertz CT molecular complexity index is 911. The van der Waals surface area contributed by atoms with Crippen LogP contribution in [0.1, 0.15) is 35.2 Å². The first-order valence-corrected chi connectivity index (χ1v) is 8.61. The molecule has 0 unspecified atom stereocenters. The summed E-state index contributed by atoms with van der Waals surface area (Å²) in [6.07, 6.45) is 5.90. The van der Waals surface area contributed by atoms with Crippen molar-refractivity contribution in [3.8, 4) is 5.75 Å². The Morgan fingerprint density at radius 2 is 2.24 bits per heavy atom. The minimum atomic E-state index is 0.0534. The Hall–Kier alpha value is -2.76. The number of carbonyl (C=O) groups excluding carboxylic acids is 1. The number of carbonyl (C=O) groups is 1. The van der Waals surface area contributed by atoms with Gasteiger partial charge in [-0.15, -0.1) is 0 Å². The molecule has 0 saturated carbocycles. The van der Waals surface area contributed by atoms with Gasteiger partial charge in [-0.2, -0.15) is 0 Å². The molecule has 0 radical (unpaired) electrons. The van der Waals surface area contributed by atoms with E-state index in [0.29, 0.717) is 18.3 Å². The monoisotopic (exact) mass is 338 g/mol. The second-order valence-corrected chi connectivity index (χ2v) is 6.57. The zero-order valence-electron chi connectivity index (χ0n) is 14.5. The van der Waals surface area contributed by atoms with Gasteiger partial charge >= 0.3 is 0 Å². The Morgan fingerprint density at radius 1 is 1.36 bits per heavy atom. The van der Waals surface area contributed by atoms with Crippen molar-refractivity contribution < 1.29 is 9.53 Å². The predicted octanol–water partition coefficient (Wildman–Crippen LogP) is 3.16. The highest BCUT2D eigenvalue weighted by atomic mass is 16.5. The van der Waals surface area contributed by atoms with E-state index in [1.54, 1.807) is 7.11 Å². The number of imidazole rings is 1. The molecule has 3 heterocycles. The van der Waals surface area contributed by atoms with E-state index >= 15 is 0 Å². The van der Waals surface area contributed by atoms with Gasteiger partial charge in [0.1, 0.15) is 17.3 Å². The van der Waals surface area contributed by atoms with Crippen LogP contribution in [0.15, 0.2) is 36.7 Å². The first-order valence-electron chi connectivity index (χ1n) is 8.61. The predicted molar refractivity (Wildman–Crippen MR) is 96.0 cm³/mol. The van der Waals surface area contributed by atoms with Crippen molar-refractivity contribution in [1.29, 1.82) is 0 Å². The number of nitrogens with one attached hydrogen (secondary N) is 1. The number of piperidine rings is 1. The molecule has 3 aromatic rings. The summed E-state index contributed by atoms with van der Waals surface area (Å²) in [6.45, 7) is 3.52. The fraction of sp³-hybridized carbons (Fsp3) is 0.368. The second-order valence-electron chi connectivity index (χ2n) is 6.57. The standard InChI is InChI=1S/C19H22N4O2/c1-13-20-7-9-23(13)15-4-3-8-22(12-15)19(24)18-10-14-5-6-16(25-2)11-17(14)21-18/h5-7,9-11,15,21H,3-4,8,12H2,1-2H3/t15-/m1/s1. The number of benzene rings is 1. The molecule has 6 heteroatoms. The lowest BCUT2D eigenvalue weighted by atomic mass is 10.0. The third-order valence-corrected chi connectivity index (χ3v) is 5.00. The van der Waals surface area contributed by atoms with Gasteiger partial charge in [0.05, 0.1) is 13.2 Å². The molecular formula is C19H22N4O2. The Morgan fingerprint density at radius 3 is 3.00 bits per heavy atom. The summed E-state index contributed by atoms with van der Waals surface area (Å²) in [5.41, 5.74) is 1.55. The summed E-state index contributed by atoms with van der Waals surface area (Å²) >= 11 is 0. The van der Waals surface area contributed by atoms with Gasteiger partial charge in [0.15, 0.2) is 0 Å². The minimum Gasteiger partial charge on any atom is -0.497 e. The van der Waals surface area contributed by atoms with Crippen LogP contribution in [0, 0.1) is 6.92 Å². The maximum atomic E-state index is 13.0. The summed E-state index contributed by atoms with van der Waals surface area (Å²) in [5.74, 6) is 1.83. The molecule has 1 N–H and O–H groups in total. The molecule has 1 saturated heterocycles. The van der Waals surface area contributed by atoms with Crippen molar-refractivity contribution in [2.75, 3.05) is 20.2 Å². The molecule has 25 heavy (non-hydrogen) atoms. The van der Waals surface area contributed by atoms with Crippen LogP contribution in [-0.2, 0) is 0 Å². The van der Waals surface area contributed by atoms with Crippen LogP contribution < -0.4 is 4.74 Å². The fourth-order valence-electron chi connectivity index (χ4n) is 3.66. The lowest BCUT2D eigenvalue weighted by molar-refractivity contribution is 0.0673.